The Kier molecular flexibility index (Phi) is 4.58. The third kappa shape index (κ3) is 3.45. The van der Waals surface area contributed by atoms with E-state index in [9.17, 15) is 4.79 Å². The molecule has 0 radical (unpaired) electrons. The summed E-state index contributed by atoms with van der Waals surface area (Å²) in [6.45, 7) is 4.20. The predicted octanol–water partition coefficient (Wildman–Crippen LogP) is 4.11. The predicted molar refractivity (Wildman–Crippen MR) is 88.3 cm³/mol. The summed E-state index contributed by atoms with van der Waals surface area (Å²) < 4.78 is 0. The van der Waals surface area contributed by atoms with Crippen molar-refractivity contribution < 1.29 is 4.79 Å². The van der Waals surface area contributed by atoms with E-state index in [-0.39, 0.29) is 11.2 Å². The molecule has 1 amide bonds. The number of hydrogen-bond donors (Lipinski definition) is 1. The number of amides is 1. The number of hydrogen-bond acceptors (Lipinski definition) is 2. The van der Waals surface area contributed by atoms with Crippen molar-refractivity contribution in [2.75, 3.05) is 0 Å². The molecule has 0 aliphatic heterocycles. The fraction of sp³-hybridized carbons (Fsp3) is 0.611. The summed E-state index contributed by atoms with van der Waals surface area (Å²) in [7, 11) is 0. The fourth-order valence-corrected chi connectivity index (χ4v) is 5.01. The van der Waals surface area contributed by atoms with Crippen LogP contribution in [0.15, 0.2) is 35.2 Å². The zero-order chi connectivity index (χ0) is 14.8. The molecule has 3 heteroatoms. The lowest BCUT2D eigenvalue weighted by molar-refractivity contribution is -0.121. The first kappa shape index (κ1) is 15.0. The largest absolute Gasteiger partial charge is 0.352 e. The molecule has 2 aliphatic rings. The minimum Gasteiger partial charge on any atom is -0.352 e. The molecule has 2 saturated carbocycles. The first-order valence-electron chi connectivity index (χ1n) is 8.15. The van der Waals surface area contributed by atoms with Gasteiger partial charge in [-0.1, -0.05) is 24.6 Å². The second-order valence-electron chi connectivity index (χ2n) is 6.71. The fourth-order valence-electron chi connectivity index (χ4n) is 4.11. The van der Waals surface area contributed by atoms with Crippen LogP contribution in [0.25, 0.3) is 0 Å². The van der Waals surface area contributed by atoms with Crippen molar-refractivity contribution in [1.82, 2.24) is 5.32 Å². The van der Waals surface area contributed by atoms with Gasteiger partial charge in [0.25, 0.3) is 0 Å². The van der Waals surface area contributed by atoms with Crippen LogP contribution in [0.3, 0.4) is 0 Å². The van der Waals surface area contributed by atoms with Crippen LogP contribution < -0.4 is 5.32 Å². The number of fused-ring (bicyclic) bond motifs is 2. The molecule has 0 heterocycles. The zero-order valence-corrected chi connectivity index (χ0v) is 13.7. The summed E-state index contributed by atoms with van der Waals surface area (Å²) in [5.74, 6) is 2.69. The Morgan fingerprint density at radius 1 is 1.19 bits per heavy atom. The SMILES string of the molecule is CC(Sc1ccccc1)C(=O)NC(C)C1CC2CCC1C2. The monoisotopic (exact) mass is 303 g/mol. The molecule has 1 N–H and O–H groups in total. The van der Waals surface area contributed by atoms with E-state index in [1.165, 1.54) is 25.7 Å². The van der Waals surface area contributed by atoms with E-state index in [0.29, 0.717) is 12.0 Å². The average molecular weight is 303 g/mol. The second kappa shape index (κ2) is 6.43. The number of nitrogens with one attached hydrogen (secondary N) is 1. The van der Waals surface area contributed by atoms with Crippen LogP contribution in [-0.4, -0.2) is 17.2 Å². The quantitative estimate of drug-likeness (QED) is 0.829. The summed E-state index contributed by atoms with van der Waals surface area (Å²) in [6, 6.07) is 10.5. The summed E-state index contributed by atoms with van der Waals surface area (Å²) in [6.07, 6.45) is 5.53. The van der Waals surface area contributed by atoms with Crippen molar-refractivity contribution in [2.24, 2.45) is 17.8 Å². The summed E-state index contributed by atoms with van der Waals surface area (Å²) in [5, 5.41) is 3.23. The molecule has 0 saturated heterocycles. The van der Waals surface area contributed by atoms with Gasteiger partial charge >= 0.3 is 0 Å². The molecule has 1 aromatic rings. The van der Waals surface area contributed by atoms with Crippen LogP contribution >= 0.6 is 11.8 Å². The Labute approximate surface area is 132 Å². The minimum atomic E-state index is -0.0339. The highest BCUT2D eigenvalue weighted by atomic mass is 32.2. The Hall–Kier alpha value is -0.960. The molecule has 2 aliphatic carbocycles. The molecule has 114 valence electrons. The summed E-state index contributed by atoms with van der Waals surface area (Å²) in [5.41, 5.74) is 0. The second-order valence-corrected chi connectivity index (χ2v) is 8.12. The topological polar surface area (TPSA) is 29.1 Å². The van der Waals surface area contributed by atoms with Crippen LogP contribution in [0.1, 0.15) is 39.5 Å². The molecule has 0 aromatic heterocycles. The van der Waals surface area contributed by atoms with E-state index < -0.39 is 0 Å². The highest BCUT2D eigenvalue weighted by Crippen LogP contribution is 2.49. The third-order valence-electron chi connectivity index (χ3n) is 5.23. The highest BCUT2D eigenvalue weighted by Gasteiger charge is 2.42. The van der Waals surface area contributed by atoms with Gasteiger partial charge in [0.05, 0.1) is 5.25 Å². The van der Waals surface area contributed by atoms with Gasteiger partial charge in [0.2, 0.25) is 5.91 Å². The van der Waals surface area contributed by atoms with Gasteiger partial charge in [-0.15, -0.1) is 11.8 Å². The molecular weight excluding hydrogens is 278 g/mol. The van der Waals surface area contributed by atoms with E-state index in [1.54, 1.807) is 11.8 Å². The number of carbonyl (C=O) groups excluding carboxylic acids is 1. The van der Waals surface area contributed by atoms with Gasteiger partial charge in [0.15, 0.2) is 0 Å². The highest BCUT2D eigenvalue weighted by molar-refractivity contribution is 8.00. The lowest BCUT2D eigenvalue weighted by atomic mass is 9.84. The molecule has 5 unspecified atom stereocenters. The van der Waals surface area contributed by atoms with E-state index in [4.69, 9.17) is 0 Å². The van der Waals surface area contributed by atoms with Crippen LogP contribution in [-0.2, 0) is 4.79 Å². The van der Waals surface area contributed by atoms with Crippen molar-refractivity contribution in [3.63, 3.8) is 0 Å². The minimum absolute atomic E-state index is 0.0339. The number of thioether (sulfide) groups is 1. The van der Waals surface area contributed by atoms with Crippen LogP contribution in [0, 0.1) is 17.8 Å². The van der Waals surface area contributed by atoms with Crippen molar-refractivity contribution in [2.45, 2.75) is 55.7 Å². The van der Waals surface area contributed by atoms with E-state index in [0.717, 1.165) is 16.7 Å². The smallest absolute Gasteiger partial charge is 0.233 e. The molecule has 2 bridgehead atoms. The van der Waals surface area contributed by atoms with Gasteiger partial charge in [0.1, 0.15) is 0 Å². The zero-order valence-electron chi connectivity index (χ0n) is 12.9. The van der Waals surface area contributed by atoms with Gasteiger partial charge in [-0.05, 0) is 63.0 Å². The van der Waals surface area contributed by atoms with Crippen LogP contribution in [0.2, 0.25) is 0 Å². The molecule has 1 aromatic carbocycles. The van der Waals surface area contributed by atoms with Gasteiger partial charge in [-0.25, -0.2) is 0 Å². The average Bonchev–Trinajstić information content (AvgIpc) is 3.11. The van der Waals surface area contributed by atoms with Crippen LogP contribution in [0.4, 0.5) is 0 Å². The standard InChI is InChI=1S/C18H25NOS/c1-12(17-11-14-8-9-15(17)10-14)19-18(20)13(2)21-16-6-4-3-5-7-16/h3-7,12-15,17H,8-11H2,1-2H3,(H,19,20). The molecule has 2 fully saturated rings. The Morgan fingerprint density at radius 3 is 2.57 bits per heavy atom. The van der Waals surface area contributed by atoms with E-state index >= 15 is 0 Å². The molecule has 5 atom stereocenters. The van der Waals surface area contributed by atoms with E-state index in [1.807, 2.05) is 25.1 Å². The molecule has 21 heavy (non-hydrogen) atoms. The van der Waals surface area contributed by atoms with Crippen LogP contribution in [0.5, 0.6) is 0 Å². The number of benzene rings is 1. The lowest BCUT2D eigenvalue weighted by Gasteiger charge is -2.29. The van der Waals surface area contributed by atoms with Crippen molar-refractivity contribution >= 4 is 17.7 Å². The maximum atomic E-state index is 12.4. The normalized spacial score (nSPS) is 30.1. The van der Waals surface area contributed by atoms with Gasteiger partial charge in [-0.3, -0.25) is 4.79 Å². The van der Waals surface area contributed by atoms with Crippen molar-refractivity contribution in [1.29, 1.82) is 0 Å². The maximum Gasteiger partial charge on any atom is 0.233 e. The van der Waals surface area contributed by atoms with E-state index in [2.05, 4.69) is 24.4 Å². The Balaban J connectivity index is 1.51. The molecule has 0 spiro atoms. The summed E-state index contributed by atoms with van der Waals surface area (Å²) in [4.78, 5) is 13.5. The lowest BCUT2D eigenvalue weighted by Crippen LogP contribution is -2.43. The van der Waals surface area contributed by atoms with Crippen molar-refractivity contribution in [3.8, 4) is 0 Å². The van der Waals surface area contributed by atoms with Gasteiger partial charge in [-0.2, -0.15) is 0 Å². The third-order valence-corrected chi connectivity index (χ3v) is 6.34. The van der Waals surface area contributed by atoms with Gasteiger partial charge < -0.3 is 5.32 Å². The summed E-state index contributed by atoms with van der Waals surface area (Å²) >= 11 is 1.64. The molecule has 2 nitrogen and oxygen atoms in total. The molecular formula is C18H25NOS. The Morgan fingerprint density at radius 2 is 1.95 bits per heavy atom. The first-order chi connectivity index (χ1) is 10.1. The number of rotatable bonds is 5. The molecule has 3 rings (SSSR count). The first-order valence-corrected chi connectivity index (χ1v) is 9.03. The van der Waals surface area contributed by atoms with Crippen molar-refractivity contribution in [3.05, 3.63) is 30.3 Å². The Bertz CT molecular complexity index is 489. The maximum absolute atomic E-state index is 12.4. The van der Waals surface area contributed by atoms with Gasteiger partial charge in [0, 0.05) is 10.9 Å². The number of carbonyl (C=O) groups is 1.